The molecule has 0 bridgehead atoms. The highest BCUT2D eigenvalue weighted by atomic mass is 16.6. The maximum Gasteiger partial charge on any atom is 0.309 e. The third-order valence-corrected chi connectivity index (χ3v) is 18.0. The fourth-order valence-electron chi connectivity index (χ4n) is 12.3. The monoisotopic (exact) mass is 1140 g/mol. The van der Waals surface area contributed by atoms with Crippen LogP contribution in [0, 0.1) is 17.8 Å². The summed E-state index contributed by atoms with van der Waals surface area (Å²) in [6, 6.07) is 0. The lowest BCUT2D eigenvalue weighted by molar-refractivity contribution is -0.172. The van der Waals surface area contributed by atoms with Crippen molar-refractivity contribution in [3.63, 3.8) is 0 Å². The molecule has 6 heteroatoms. The van der Waals surface area contributed by atoms with E-state index >= 15 is 0 Å². The Balaban J connectivity index is 6.29. The van der Waals surface area contributed by atoms with Gasteiger partial charge in [0.05, 0.1) is 17.8 Å². The van der Waals surface area contributed by atoms with Crippen LogP contribution in [0.3, 0.4) is 0 Å². The van der Waals surface area contributed by atoms with Crippen LogP contribution in [0.2, 0.25) is 0 Å². The number of rotatable bonds is 68. The van der Waals surface area contributed by atoms with Gasteiger partial charge in [-0.1, -0.05) is 388 Å². The fraction of sp³-hybridized carbons (Fsp3) is 0.960. The number of hydrogen-bond donors (Lipinski definition) is 0. The minimum atomic E-state index is -0.804. The van der Waals surface area contributed by atoms with E-state index in [2.05, 4.69) is 41.5 Å². The molecule has 3 atom stereocenters. The molecule has 81 heavy (non-hydrogen) atoms. The average molecular weight is 1140 g/mol. The van der Waals surface area contributed by atoms with Crippen LogP contribution in [0.15, 0.2) is 0 Å². The number of ether oxygens (including phenoxy) is 3. The van der Waals surface area contributed by atoms with Gasteiger partial charge in [0.2, 0.25) is 0 Å². The Bertz CT molecular complexity index is 1200. The first-order valence-corrected chi connectivity index (χ1v) is 37.4. The maximum absolute atomic E-state index is 14.5. The van der Waals surface area contributed by atoms with Crippen molar-refractivity contribution >= 4 is 17.9 Å². The topological polar surface area (TPSA) is 78.9 Å². The first kappa shape index (κ1) is 79.4. The minimum absolute atomic E-state index is 0.0479. The summed E-state index contributed by atoms with van der Waals surface area (Å²) >= 11 is 0. The van der Waals surface area contributed by atoms with E-state index in [4.69, 9.17) is 14.2 Å². The van der Waals surface area contributed by atoms with Gasteiger partial charge in [-0.15, -0.1) is 0 Å². The van der Waals surface area contributed by atoms with Crippen molar-refractivity contribution in [2.24, 2.45) is 17.8 Å². The highest BCUT2D eigenvalue weighted by Crippen LogP contribution is 2.26. The summed E-state index contributed by atoms with van der Waals surface area (Å²) < 4.78 is 19.1. The summed E-state index contributed by atoms with van der Waals surface area (Å²) in [5.41, 5.74) is 0. The third kappa shape index (κ3) is 56.0. The highest BCUT2D eigenvalue weighted by molar-refractivity contribution is 5.74. The minimum Gasteiger partial charge on any atom is -0.461 e. The molecular weight excluding hydrogens is 997 g/mol. The van der Waals surface area contributed by atoms with Crippen LogP contribution in [0.5, 0.6) is 0 Å². The van der Waals surface area contributed by atoms with Gasteiger partial charge in [-0.3, -0.25) is 14.4 Å². The standard InChI is InChI=1S/C75H146O6/c1-7-13-19-25-31-37-40-46-51-57-63-69(61-55-49-43-34-28-22-16-10-4)73(76)79-67-72(81-75(78)71(65-59-53-45-36-30-24-18-12-6)66-60-54-48-42-39-33-27-21-15-9-3)68-80-74(77)70(62-56-50-44-35-29-23-17-11-5)64-58-52-47-41-38-32-26-20-14-8-2/h69-72H,7-68H2,1-6H3. The molecule has 0 rings (SSSR count). The van der Waals surface area contributed by atoms with Gasteiger partial charge in [0.1, 0.15) is 13.2 Å². The largest absolute Gasteiger partial charge is 0.461 e. The molecule has 0 N–H and O–H groups in total. The van der Waals surface area contributed by atoms with Crippen molar-refractivity contribution in [3.05, 3.63) is 0 Å². The van der Waals surface area contributed by atoms with Crippen LogP contribution in [-0.2, 0) is 28.6 Å². The summed E-state index contributed by atoms with van der Waals surface area (Å²) in [7, 11) is 0. The number of hydrogen-bond acceptors (Lipinski definition) is 6. The van der Waals surface area contributed by atoms with E-state index in [0.29, 0.717) is 0 Å². The molecule has 0 aliphatic rings. The normalized spacial score (nSPS) is 13.1. The average Bonchev–Trinajstić information content (AvgIpc) is 3.47. The Morgan fingerprint density at radius 3 is 0.531 bits per heavy atom. The van der Waals surface area contributed by atoms with Crippen molar-refractivity contribution in [1.82, 2.24) is 0 Å². The predicted octanol–water partition coefficient (Wildman–Crippen LogP) is 25.4. The van der Waals surface area contributed by atoms with Gasteiger partial charge < -0.3 is 14.2 Å². The second-order valence-corrected chi connectivity index (χ2v) is 26.1. The predicted molar refractivity (Wildman–Crippen MR) is 353 cm³/mol. The van der Waals surface area contributed by atoms with Gasteiger partial charge in [-0.2, -0.15) is 0 Å². The van der Waals surface area contributed by atoms with Gasteiger partial charge in [0, 0.05) is 0 Å². The molecule has 0 aliphatic carbocycles. The zero-order chi connectivity index (χ0) is 59.0. The Hall–Kier alpha value is -1.59. The second kappa shape index (κ2) is 65.9. The van der Waals surface area contributed by atoms with E-state index in [1.54, 1.807) is 0 Å². The molecule has 6 nitrogen and oxygen atoms in total. The molecule has 0 heterocycles. The van der Waals surface area contributed by atoms with E-state index in [9.17, 15) is 14.4 Å². The summed E-state index contributed by atoms with van der Waals surface area (Å²) in [5, 5.41) is 0. The smallest absolute Gasteiger partial charge is 0.309 e. The van der Waals surface area contributed by atoms with E-state index in [1.165, 1.54) is 270 Å². The molecule has 0 radical (unpaired) electrons. The van der Waals surface area contributed by atoms with E-state index in [-0.39, 0.29) is 48.9 Å². The summed E-state index contributed by atoms with van der Waals surface area (Å²) in [6.45, 7) is 13.6. The SMILES string of the molecule is CCCCCCCCCCCCC(CCCCCCCCCC)C(=O)OCC(COC(=O)C(CCCCCCCCCC)CCCCCCCCCCCC)OC(=O)C(CCCCCCCCCC)CCCCCCCCCCCC. The summed E-state index contributed by atoms with van der Waals surface area (Å²) in [6.07, 6.45) is 72.1. The number of esters is 3. The van der Waals surface area contributed by atoms with Crippen molar-refractivity contribution < 1.29 is 28.6 Å². The lowest BCUT2D eigenvalue weighted by Gasteiger charge is -2.24. The number of carbonyl (C=O) groups excluding carboxylic acids is 3. The molecule has 0 aromatic rings. The lowest BCUT2D eigenvalue weighted by Crippen LogP contribution is -2.35. The maximum atomic E-state index is 14.5. The van der Waals surface area contributed by atoms with Gasteiger partial charge in [0.15, 0.2) is 6.10 Å². The van der Waals surface area contributed by atoms with E-state index in [0.717, 1.165) is 116 Å². The van der Waals surface area contributed by atoms with Crippen LogP contribution < -0.4 is 0 Å². The molecule has 0 aromatic carbocycles. The zero-order valence-corrected chi connectivity index (χ0v) is 56.1. The number of carbonyl (C=O) groups is 3. The van der Waals surface area contributed by atoms with Gasteiger partial charge in [0.25, 0.3) is 0 Å². The lowest BCUT2D eigenvalue weighted by atomic mass is 9.93. The summed E-state index contributed by atoms with van der Waals surface area (Å²) in [5.74, 6) is -0.994. The summed E-state index contributed by atoms with van der Waals surface area (Å²) in [4.78, 5) is 43.1. The van der Waals surface area contributed by atoms with Gasteiger partial charge in [-0.25, -0.2) is 0 Å². The molecule has 0 spiro atoms. The van der Waals surface area contributed by atoms with Gasteiger partial charge in [-0.05, 0) is 38.5 Å². The van der Waals surface area contributed by atoms with Crippen molar-refractivity contribution in [3.8, 4) is 0 Å². The molecule has 0 aliphatic heterocycles. The molecular formula is C75H146O6. The molecule has 482 valence electrons. The van der Waals surface area contributed by atoms with Crippen LogP contribution in [0.1, 0.15) is 427 Å². The van der Waals surface area contributed by atoms with Crippen molar-refractivity contribution in [2.75, 3.05) is 13.2 Å². The van der Waals surface area contributed by atoms with Crippen molar-refractivity contribution in [2.45, 2.75) is 433 Å². The molecule has 3 unspecified atom stereocenters. The van der Waals surface area contributed by atoms with E-state index < -0.39 is 6.10 Å². The Morgan fingerprint density at radius 2 is 0.358 bits per heavy atom. The molecule has 0 aromatic heterocycles. The van der Waals surface area contributed by atoms with Crippen LogP contribution in [0.4, 0.5) is 0 Å². The Labute approximate surface area is 508 Å². The molecule has 0 fully saturated rings. The second-order valence-electron chi connectivity index (χ2n) is 26.1. The zero-order valence-electron chi connectivity index (χ0n) is 56.1. The Morgan fingerprint density at radius 1 is 0.210 bits per heavy atom. The van der Waals surface area contributed by atoms with Crippen LogP contribution in [0.25, 0.3) is 0 Å². The van der Waals surface area contributed by atoms with E-state index in [1.807, 2.05) is 0 Å². The molecule has 0 amide bonds. The molecule has 0 saturated heterocycles. The highest BCUT2D eigenvalue weighted by Gasteiger charge is 2.29. The number of unbranched alkanes of at least 4 members (excludes halogenated alkanes) is 48. The van der Waals surface area contributed by atoms with Crippen molar-refractivity contribution in [1.29, 1.82) is 0 Å². The van der Waals surface area contributed by atoms with Crippen LogP contribution in [-0.4, -0.2) is 37.2 Å². The first-order valence-electron chi connectivity index (χ1n) is 37.4. The quantitative estimate of drug-likeness (QED) is 0.0343. The Kier molecular flexibility index (Phi) is 64.6. The fourth-order valence-corrected chi connectivity index (χ4v) is 12.3. The van der Waals surface area contributed by atoms with Gasteiger partial charge >= 0.3 is 17.9 Å². The molecule has 0 saturated carbocycles. The third-order valence-electron chi connectivity index (χ3n) is 18.0. The first-order chi connectivity index (χ1) is 39.9. The van der Waals surface area contributed by atoms with Crippen LogP contribution >= 0.6 is 0 Å².